The van der Waals surface area contributed by atoms with E-state index in [9.17, 15) is 57.0 Å². The molecule has 1 aliphatic heterocycles. The van der Waals surface area contributed by atoms with Gasteiger partial charge in [0.25, 0.3) is 0 Å². The monoisotopic (exact) mass is 780 g/mol. The summed E-state index contributed by atoms with van der Waals surface area (Å²) in [7, 11) is -20.7. The zero-order chi connectivity index (χ0) is 25.1. The Hall–Kier alpha value is 5.30. The van der Waals surface area contributed by atoms with E-state index in [0.717, 1.165) is 0 Å². The van der Waals surface area contributed by atoms with Gasteiger partial charge in [-0.05, 0) is 0 Å². The standard InChI is InChI=1S/2C6H10O8S2.5Na.Sb/c2*7-4-1-3(15(9,10)11)2-5(6(4)8)16(12,13)14;;;;;;/h2*3-6H,1-2H2,(H,9,10,11)(H,12,13,14);;;;;;/q2*-2;5*+1;+3/p-4. The fraction of sp³-hybridized carbons (Fsp3) is 1.00. The Morgan fingerprint density at radius 2 is 1.03 bits per heavy atom. The van der Waals surface area contributed by atoms with E-state index in [2.05, 4.69) is 0 Å². The van der Waals surface area contributed by atoms with Gasteiger partial charge in [0, 0.05) is 0 Å². The number of rotatable bonds is 6. The molecule has 26 heteroatoms. The van der Waals surface area contributed by atoms with E-state index < -0.39 is 133 Å². The maximum Gasteiger partial charge on any atom is 1.00 e. The van der Waals surface area contributed by atoms with Crippen LogP contribution in [0.5, 0.6) is 0 Å². The van der Waals surface area contributed by atoms with Gasteiger partial charge in [-0.1, -0.05) is 0 Å². The number of fused-ring (bicyclic) bond motifs is 1. The second-order valence-corrected chi connectivity index (χ2v) is 17.3. The van der Waals surface area contributed by atoms with E-state index in [0.29, 0.717) is 0 Å². The van der Waals surface area contributed by atoms with Crippen molar-refractivity contribution in [2.75, 3.05) is 0 Å². The molecular weight excluding hydrogens is 765 g/mol. The third-order valence-electron chi connectivity index (χ3n) is 5.66. The quantitative estimate of drug-likeness (QED) is 0.179. The van der Waals surface area contributed by atoms with Gasteiger partial charge < -0.3 is 0 Å². The van der Waals surface area contributed by atoms with Gasteiger partial charge in [0.15, 0.2) is 0 Å². The van der Waals surface area contributed by atoms with E-state index in [1.165, 1.54) is 0 Å². The smallest absolute Gasteiger partial charge is 1.00 e. The van der Waals surface area contributed by atoms with Crippen molar-refractivity contribution in [1.29, 1.82) is 0 Å². The molecule has 8 unspecified atom stereocenters. The summed E-state index contributed by atoms with van der Waals surface area (Å²) in [5.41, 5.74) is 0. The summed E-state index contributed by atoms with van der Waals surface area (Å²) < 4.78 is 153. The second-order valence-electron chi connectivity index (χ2n) is 7.78. The average Bonchev–Trinajstić information content (AvgIpc) is 3.01. The molecule has 2 aliphatic carbocycles. The van der Waals surface area contributed by atoms with Gasteiger partial charge in [-0.15, -0.1) is 0 Å². The first-order valence-corrected chi connectivity index (χ1v) is 18.0. The molecule has 3 fully saturated rings. The molecule has 0 bridgehead atoms. The Morgan fingerprint density at radius 3 is 1.45 bits per heavy atom. The largest absolute Gasteiger partial charge is 1.00 e. The first kappa shape index (κ1) is 47.7. The van der Waals surface area contributed by atoms with Crippen LogP contribution in [0, 0.1) is 0 Å². The zero-order valence-corrected chi connectivity index (χ0v) is 36.9. The molecule has 0 aromatic rings. The Kier molecular flexibility index (Phi) is 22.6. The summed E-state index contributed by atoms with van der Waals surface area (Å²) in [5, 5.41) is 4.43. The molecule has 38 heavy (non-hydrogen) atoms. The summed E-state index contributed by atoms with van der Waals surface area (Å²) in [4.78, 5) is 0. The Morgan fingerprint density at radius 1 is 0.605 bits per heavy atom. The van der Waals surface area contributed by atoms with Gasteiger partial charge in [0.2, 0.25) is 0 Å². The topological polar surface area (TPSA) is 280 Å². The Bertz CT molecular complexity index is 1200. The summed E-state index contributed by atoms with van der Waals surface area (Å²) >= 11 is -4.18. The van der Waals surface area contributed by atoms with Crippen molar-refractivity contribution in [1.82, 2.24) is 0 Å². The van der Waals surface area contributed by atoms with Crippen LogP contribution >= 0.6 is 0 Å². The maximum atomic E-state index is 12.5. The third kappa shape index (κ3) is 12.5. The first-order chi connectivity index (χ1) is 14.8. The summed E-state index contributed by atoms with van der Waals surface area (Å²) in [6, 6.07) is 0. The Labute approximate surface area is 340 Å². The normalized spacial score (nSPS) is 34.1. The predicted molar refractivity (Wildman–Crippen MR) is 96.6 cm³/mol. The van der Waals surface area contributed by atoms with Crippen molar-refractivity contribution in [3.05, 3.63) is 0 Å². The first-order valence-electron chi connectivity index (χ1n) is 9.03. The molecule has 2 saturated carbocycles. The third-order valence-corrected chi connectivity index (χ3v) is 14.2. The van der Waals surface area contributed by atoms with Crippen LogP contribution in [0.4, 0.5) is 0 Å². The molecule has 0 radical (unpaired) electrons. The van der Waals surface area contributed by atoms with Crippen LogP contribution in [0.2, 0.25) is 0 Å². The molecule has 0 amide bonds. The Balaban J connectivity index is -0.00000245. The molecule has 16 nitrogen and oxygen atoms in total. The van der Waals surface area contributed by atoms with E-state index in [1.807, 2.05) is 0 Å². The summed E-state index contributed by atoms with van der Waals surface area (Å²) in [6.07, 6.45) is -10.4. The molecule has 194 valence electrons. The van der Waals surface area contributed by atoms with Gasteiger partial charge in [-0.25, -0.2) is 0 Å². The minimum absolute atomic E-state index is 0. The minimum atomic E-state index is -5.34. The molecular formula is C12H16Na5O16S4Sb. The molecule has 8 atom stereocenters. The maximum absolute atomic E-state index is 12.5. The van der Waals surface area contributed by atoms with Crippen LogP contribution in [0.15, 0.2) is 0 Å². The molecule has 3 aliphatic rings. The van der Waals surface area contributed by atoms with E-state index in [1.54, 1.807) is 0 Å². The van der Waals surface area contributed by atoms with Crippen molar-refractivity contribution >= 4 is 61.9 Å². The van der Waals surface area contributed by atoms with Crippen LogP contribution in [-0.4, -0.2) is 119 Å². The number of hydrogen-bond donors (Lipinski definition) is 0. The van der Waals surface area contributed by atoms with Crippen molar-refractivity contribution in [2.24, 2.45) is 0 Å². The summed E-state index contributed by atoms with van der Waals surface area (Å²) in [5.74, 6) is 0. The molecule has 0 N–H and O–H groups in total. The molecule has 3 rings (SSSR count). The van der Waals surface area contributed by atoms with Crippen molar-refractivity contribution < 1.29 is 214 Å². The minimum Gasteiger partial charge on any atom is 1.00 e. The molecule has 0 aromatic heterocycles. The fourth-order valence-corrected chi connectivity index (χ4v) is 12.5. The van der Waals surface area contributed by atoms with Gasteiger partial charge in [-0.3, -0.25) is 0 Å². The van der Waals surface area contributed by atoms with Crippen LogP contribution in [0.3, 0.4) is 0 Å². The van der Waals surface area contributed by atoms with Gasteiger partial charge in [0.05, 0.1) is 0 Å². The van der Waals surface area contributed by atoms with Crippen molar-refractivity contribution in [3.8, 4) is 0 Å². The van der Waals surface area contributed by atoms with Crippen molar-refractivity contribution in [3.63, 3.8) is 0 Å². The van der Waals surface area contributed by atoms with E-state index in [-0.39, 0.29) is 148 Å². The van der Waals surface area contributed by atoms with E-state index in [4.69, 9.17) is 9.05 Å². The number of hydrogen-bond acceptors (Lipinski definition) is 16. The molecule has 0 aromatic carbocycles. The molecule has 1 heterocycles. The van der Waals surface area contributed by atoms with Crippen molar-refractivity contribution in [2.45, 2.75) is 71.1 Å². The van der Waals surface area contributed by atoms with Gasteiger partial charge in [0.1, 0.15) is 0 Å². The van der Waals surface area contributed by atoms with Crippen LogP contribution < -0.4 is 153 Å². The van der Waals surface area contributed by atoms with Crippen LogP contribution in [-0.2, 0) is 49.5 Å². The van der Waals surface area contributed by atoms with Crippen LogP contribution in [0.1, 0.15) is 25.7 Å². The fourth-order valence-electron chi connectivity index (χ4n) is 4.02. The zero-order valence-electron chi connectivity index (χ0n) is 21.1. The predicted octanol–water partition coefficient (Wildman–Crippen LogP) is -19.9. The van der Waals surface area contributed by atoms with Gasteiger partial charge in [-0.2, -0.15) is 0 Å². The van der Waals surface area contributed by atoms with E-state index >= 15 is 0 Å². The van der Waals surface area contributed by atoms with Crippen LogP contribution in [0.25, 0.3) is 0 Å². The van der Waals surface area contributed by atoms with Gasteiger partial charge >= 0.3 is 347 Å². The average molecular weight is 781 g/mol. The SMILES string of the molecule is O=S(=O)([O-])C1CC([O][Sb]2[O]C3CC(S(=O)(=O)[O-])CC(S(=O)(=O)[O-])C3[O]2)C([O-])C(S(=O)(=O)[O-])C1.[Na+].[Na+].[Na+].[Na+].[Na+]. The summed E-state index contributed by atoms with van der Waals surface area (Å²) in [6.45, 7) is 0. The molecule has 0 spiro atoms. The molecule has 1 saturated heterocycles. The second kappa shape index (κ2) is 18.0.